The monoisotopic (exact) mass is 238 g/mol. The zero-order valence-electron chi connectivity index (χ0n) is 9.17. The Hall–Kier alpha value is -1.99. The Labute approximate surface area is 98.1 Å². The van der Waals surface area contributed by atoms with Crippen LogP contribution in [0.1, 0.15) is 12.0 Å². The van der Waals surface area contributed by atoms with Crippen LogP contribution in [0.5, 0.6) is 0 Å². The minimum absolute atomic E-state index is 0.172. The molecule has 17 heavy (non-hydrogen) atoms. The molecule has 0 aliphatic carbocycles. The van der Waals surface area contributed by atoms with Gasteiger partial charge in [-0.25, -0.2) is 0 Å². The van der Waals surface area contributed by atoms with E-state index < -0.39 is 4.92 Å². The number of nitrogens with two attached hydrogens (primary N) is 1. The largest absolute Gasteiger partial charge is 0.396 e. The van der Waals surface area contributed by atoms with Gasteiger partial charge in [-0.05, 0) is 16.6 Å². The Morgan fingerprint density at radius 3 is 2.88 bits per heavy atom. The van der Waals surface area contributed by atoms with Crippen LogP contribution in [-0.4, -0.2) is 21.6 Å². The molecule has 0 radical (unpaired) electrons. The van der Waals surface area contributed by atoms with E-state index in [2.05, 4.69) is 10.4 Å². The molecule has 1 aromatic rings. The van der Waals surface area contributed by atoms with Crippen LogP contribution in [0.4, 0.5) is 0 Å². The van der Waals surface area contributed by atoms with Crippen molar-refractivity contribution >= 4 is 0 Å². The summed E-state index contributed by atoms with van der Waals surface area (Å²) in [4.78, 5) is 14.1. The van der Waals surface area contributed by atoms with E-state index in [0.29, 0.717) is 12.0 Å². The first-order valence-corrected chi connectivity index (χ1v) is 5.01. The minimum Gasteiger partial charge on any atom is -0.396 e. The number of aliphatic hydroxyl groups is 1. The molecule has 1 rings (SSSR count). The molecule has 0 spiro atoms. The molecule has 0 bridgehead atoms. The van der Waals surface area contributed by atoms with Gasteiger partial charge < -0.3 is 15.2 Å². The first-order chi connectivity index (χ1) is 8.19. The molecule has 92 valence electrons. The number of hydrogen-bond donors (Lipinski definition) is 3. The molecule has 0 saturated carbocycles. The Balaban J connectivity index is 2.97. The van der Waals surface area contributed by atoms with Crippen molar-refractivity contribution in [2.75, 3.05) is 6.61 Å². The third kappa shape index (κ3) is 3.82. The number of aliphatic hydroxyl groups excluding tert-OH is 1. The summed E-state index contributed by atoms with van der Waals surface area (Å²) in [5, 5.41) is 19.6. The van der Waals surface area contributed by atoms with Gasteiger partial charge in [0, 0.05) is 37.4 Å². The van der Waals surface area contributed by atoms with Crippen molar-refractivity contribution in [3.05, 3.63) is 51.6 Å². The van der Waals surface area contributed by atoms with E-state index in [1.807, 2.05) is 0 Å². The minimum atomic E-state index is -0.596. The van der Waals surface area contributed by atoms with Crippen LogP contribution >= 0.6 is 0 Å². The predicted molar refractivity (Wildman–Crippen MR) is 61.0 cm³/mol. The Bertz CT molecular complexity index is 405. The fourth-order valence-electron chi connectivity index (χ4n) is 1.46. The summed E-state index contributed by atoms with van der Waals surface area (Å²) in [6.45, 7) is -0.172. The van der Waals surface area contributed by atoms with Crippen LogP contribution in [0.3, 0.4) is 0 Å². The van der Waals surface area contributed by atoms with Gasteiger partial charge in [0.15, 0.2) is 0 Å². The summed E-state index contributed by atoms with van der Waals surface area (Å²) in [6, 6.07) is 3.55. The molecule has 0 saturated heterocycles. The van der Waals surface area contributed by atoms with Gasteiger partial charge in [-0.15, -0.1) is 0 Å². The number of hydrogen-bond acceptors (Lipinski definition) is 6. The molecule has 0 aliphatic heterocycles. The summed E-state index contributed by atoms with van der Waals surface area (Å²) >= 11 is 0. The zero-order valence-corrected chi connectivity index (χ0v) is 9.17. The molecule has 0 aromatic carbocycles. The Kier molecular flexibility index (Phi) is 5.05. The first-order valence-electron chi connectivity index (χ1n) is 5.01. The van der Waals surface area contributed by atoms with Gasteiger partial charge in [0.25, 0.3) is 0 Å². The molecule has 0 unspecified atom stereocenters. The van der Waals surface area contributed by atoms with Gasteiger partial charge in [-0.1, -0.05) is 6.07 Å². The number of pyridine rings is 1. The number of nitrogens with zero attached hydrogens (tertiary/aromatic N) is 2. The van der Waals surface area contributed by atoms with Crippen molar-refractivity contribution in [1.29, 1.82) is 0 Å². The molecule has 0 fully saturated rings. The van der Waals surface area contributed by atoms with Gasteiger partial charge in [-0.3, -0.25) is 4.98 Å². The fourth-order valence-corrected chi connectivity index (χ4v) is 1.46. The van der Waals surface area contributed by atoms with Crippen LogP contribution in [0.25, 0.3) is 0 Å². The number of nitrogens with one attached hydrogen (secondary N) is 1. The third-order valence-corrected chi connectivity index (χ3v) is 2.21. The van der Waals surface area contributed by atoms with E-state index in [9.17, 15) is 10.1 Å². The molecule has 4 N–H and O–H groups in total. The SMILES string of the molecule is NNC(=C(CCO)Cc1cccnc1)[N+](=O)[O-]. The van der Waals surface area contributed by atoms with Crippen molar-refractivity contribution in [1.82, 2.24) is 10.4 Å². The summed E-state index contributed by atoms with van der Waals surface area (Å²) in [6.07, 6.45) is 3.75. The van der Waals surface area contributed by atoms with Crippen molar-refractivity contribution in [3.63, 3.8) is 0 Å². The van der Waals surface area contributed by atoms with E-state index in [1.165, 1.54) is 0 Å². The van der Waals surface area contributed by atoms with Crippen molar-refractivity contribution in [2.45, 2.75) is 12.8 Å². The molecule has 0 atom stereocenters. The number of hydrazine groups is 1. The van der Waals surface area contributed by atoms with Gasteiger partial charge in [0.05, 0.1) is 0 Å². The third-order valence-electron chi connectivity index (χ3n) is 2.21. The highest BCUT2D eigenvalue weighted by Gasteiger charge is 2.15. The number of aromatic nitrogens is 1. The Morgan fingerprint density at radius 1 is 1.65 bits per heavy atom. The van der Waals surface area contributed by atoms with E-state index in [0.717, 1.165) is 5.56 Å². The second-order valence-corrected chi connectivity index (χ2v) is 3.37. The average Bonchev–Trinajstić information content (AvgIpc) is 2.31. The fraction of sp³-hybridized carbons (Fsp3) is 0.300. The van der Waals surface area contributed by atoms with Crippen molar-refractivity contribution < 1.29 is 10.0 Å². The molecule has 1 heterocycles. The van der Waals surface area contributed by atoms with E-state index in [-0.39, 0.29) is 18.8 Å². The lowest BCUT2D eigenvalue weighted by Crippen LogP contribution is -2.28. The number of rotatable bonds is 6. The van der Waals surface area contributed by atoms with E-state index >= 15 is 0 Å². The summed E-state index contributed by atoms with van der Waals surface area (Å²) in [5.74, 6) is 4.84. The number of nitro groups is 1. The summed E-state index contributed by atoms with van der Waals surface area (Å²) in [5.41, 5.74) is 3.32. The maximum Gasteiger partial charge on any atom is 0.333 e. The smallest absolute Gasteiger partial charge is 0.333 e. The lowest BCUT2D eigenvalue weighted by Gasteiger charge is -2.08. The maximum absolute atomic E-state index is 10.7. The second kappa shape index (κ2) is 6.56. The molecule has 7 nitrogen and oxygen atoms in total. The van der Waals surface area contributed by atoms with E-state index in [4.69, 9.17) is 10.9 Å². The average molecular weight is 238 g/mol. The van der Waals surface area contributed by atoms with Crippen LogP contribution in [-0.2, 0) is 6.42 Å². The molecule has 0 amide bonds. The maximum atomic E-state index is 10.7. The van der Waals surface area contributed by atoms with Crippen LogP contribution in [0, 0.1) is 10.1 Å². The van der Waals surface area contributed by atoms with Crippen LogP contribution in [0.15, 0.2) is 35.9 Å². The zero-order chi connectivity index (χ0) is 12.7. The van der Waals surface area contributed by atoms with Gasteiger partial charge >= 0.3 is 5.82 Å². The van der Waals surface area contributed by atoms with Gasteiger partial charge in [-0.2, -0.15) is 11.3 Å². The highest BCUT2D eigenvalue weighted by Crippen LogP contribution is 2.13. The first kappa shape index (κ1) is 13.1. The molecular formula is C10H14N4O3. The normalized spacial score (nSPS) is 11.9. The highest BCUT2D eigenvalue weighted by atomic mass is 16.6. The molecule has 1 aromatic heterocycles. The van der Waals surface area contributed by atoms with Crippen molar-refractivity contribution in [2.24, 2.45) is 5.84 Å². The molecule has 7 heteroatoms. The Morgan fingerprint density at radius 2 is 2.41 bits per heavy atom. The molecule has 0 aliphatic rings. The summed E-state index contributed by atoms with van der Waals surface area (Å²) in [7, 11) is 0. The quantitative estimate of drug-likeness (QED) is 0.364. The standard InChI is InChI=1S/C10H14N4O3/c11-13-10(14(16)17)9(3-5-15)6-8-2-1-4-12-7-8/h1-2,4,7,13,15H,3,5-6,11H2. The predicted octanol–water partition coefficient (Wildman–Crippen LogP) is -0.0419. The van der Waals surface area contributed by atoms with Crippen LogP contribution in [0.2, 0.25) is 0 Å². The lowest BCUT2D eigenvalue weighted by molar-refractivity contribution is -0.433. The molecular weight excluding hydrogens is 224 g/mol. The summed E-state index contributed by atoms with van der Waals surface area (Å²) < 4.78 is 0. The topological polar surface area (TPSA) is 114 Å². The van der Waals surface area contributed by atoms with Gasteiger partial charge in [0.1, 0.15) is 0 Å². The van der Waals surface area contributed by atoms with Gasteiger partial charge in [0.2, 0.25) is 0 Å². The highest BCUT2D eigenvalue weighted by molar-refractivity contribution is 5.20. The second-order valence-electron chi connectivity index (χ2n) is 3.37. The van der Waals surface area contributed by atoms with Crippen LogP contribution < -0.4 is 11.3 Å². The van der Waals surface area contributed by atoms with Crippen molar-refractivity contribution in [3.8, 4) is 0 Å². The lowest BCUT2D eigenvalue weighted by atomic mass is 10.0. The van der Waals surface area contributed by atoms with E-state index in [1.54, 1.807) is 24.5 Å².